The maximum absolute atomic E-state index is 5.90. The van der Waals surface area contributed by atoms with Crippen molar-refractivity contribution in [1.29, 1.82) is 0 Å². The van der Waals surface area contributed by atoms with Gasteiger partial charge in [0.05, 0.1) is 6.10 Å². The van der Waals surface area contributed by atoms with Crippen molar-refractivity contribution in [3.63, 3.8) is 0 Å². The van der Waals surface area contributed by atoms with Crippen molar-refractivity contribution in [2.75, 3.05) is 25.1 Å². The molecule has 0 aromatic heterocycles. The Balaban J connectivity index is 1.39. The number of fused-ring (bicyclic) bond motifs is 1. The van der Waals surface area contributed by atoms with E-state index in [1.165, 1.54) is 42.5 Å². The van der Waals surface area contributed by atoms with Gasteiger partial charge in [0, 0.05) is 38.5 Å². The summed E-state index contributed by atoms with van der Waals surface area (Å²) in [5.41, 5.74) is 4.34. The lowest BCUT2D eigenvalue weighted by Crippen LogP contribution is -2.37. The first-order valence-corrected chi connectivity index (χ1v) is 7.99. The normalized spacial score (nSPS) is 28.9. The topological polar surface area (TPSA) is 24.5 Å². The van der Waals surface area contributed by atoms with Crippen molar-refractivity contribution < 1.29 is 4.74 Å². The summed E-state index contributed by atoms with van der Waals surface area (Å²) < 4.78 is 5.90. The van der Waals surface area contributed by atoms with Crippen molar-refractivity contribution >= 4 is 5.69 Å². The fourth-order valence-electron chi connectivity index (χ4n) is 3.70. The molecule has 0 bridgehead atoms. The predicted octanol–water partition coefficient (Wildman–Crippen LogP) is 2.34. The minimum absolute atomic E-state index is 0.482. The van der Waals surface area contributed by atoms with Crippen LogP contribution >= 0.6 is 0 Å². The Morgan fingerprint density at radius 3 is 3.05 bits per heavy atom. The second-order valence-corrected chi connectivity index (χ2v) is 6.58. The average Bonchev–Trinajstić information content (AvgIpc) is 3.09. The van der Waals surface area contributed by atoms with Crippen LogP contribution in [0.3, 0.4) is 0 Å². The molecular formula is C17H24N2O. The lowest BCUT2D eigenvalue weighted by Gasteiger charge is -2.20. The third-order valence-corrected chi connectivity index (χ3v) is 5.06. The van der Waals surface area contributed by atoms with Gasteiger partial charge in [-0.15, -0.1) is 0 Å². The Morgan fingerprint density at radius 1 is 1.30 bits per heavy atom. The van der Waals surface area contributed by atoms with Crippen LogP contribution in [0.2, 0.25) is 0 Å². The monoisotopic (exact) mass is 272 g/mol. The SMILES string of the molecule is CN1CCc2cc(CNC3CCOC3C3CC3)ccc21. The Morgan fingerprint density at radius 2 is 2.20 bits per heavy atom. The number of likely N-dealkylation sites (N-methyl/N-ethyl adjacent to an activating group) is 1. The Kier molecular flexibility index (Phi) is 3.20. The van der Waals surface area contributed by atoms with Gasteiger partial charge in [-0.3, -0.25) is 0 Å². The lowest BCUT2D eigenvalue weighted by atomic mass is 10.0. The van der Waals surface area contributed by atoms with Gasteiger partial charge in [-0.1, -0.05) is 12.1 Å². The Labute approximate surface area is 121 Å². The first kappa shape index (κ1) is 12.7. The zero-order valence-corrected chi connectivity index (χ0v) is 12.3. The van der Waals surface area contributed by atoms with E-state index in [1.54, 1.807) is 0 Å². The van der Waals surface area contributed by atoms with Crippen molar-refractivity contribution in [2.45, 2.75) is 44.4 Å². The van der Waals surface area contributed by atoms with Crippen LogP contribution in [-0.4, -0.2) is 32.3 Å². The molecule has 3 aliphatic rings. The molecule has 0 amide bonds. The van der Waals surface area contributed by atoms with Crippen molar-refractivity contribution in [3.05, 3.63) is 29.3 Å². The third kappa shape index (κ3) is 2.33. The number of hydrogen-bond acceptors (Lipinski definition) is 3. The molecule has 2 atom stereocenters. The molecule has 2 heterocycles. The molecule has 20 heavy (non-hydrogen) atoms. The van der Waals surface area contributed by atoms with Crippen LogP contribution in [0.1, 0.15) is 30.4 Å². The molecule has 108 valence electrons. The summed E-state index contributed by atoms with van der Waals surface area (Å²) in [7, 11) is 2.18. The molecule has 2 fully saturated rings. The molecule has 1 saturated heterocycles. The van der Waals surface area contributed by atoms with E-state index in [0.29, 0.717) is 12.1 Å². The van der Waals surface area contributed by atoms with Crippen LogP contribution in [0, 0.1) is 5.92 Å². The maximum atomic E-state index is 5.90. The van der Waals surface area contributed by atoms with Crippen molar-refractivity contribution in [3.8, 4) is 0 Å². The quantitative estimate of drug-likeness (QED) is 0.910. The zero-order chi connectivity index (χ0) is 13.5. The van der Waals surface area contributed by atoms with Crippen LogP contribution < -0.4 is 10.2 Å². The van der Waals surface area contributed by atoms with E-state index in [0.717, 1.165) is 25.6 Å². The van der Waals surface area contributed by atoms with E-state index in [2.05, 4.69) is 35.5 Å². The fourth-order valence-corrected chi connectivity index (χ4v) is 3.70. The Bertz CT molecular complexity index is 498. The Hall–Kier alpha value is -1.06. The first-order valence-electron chi connectivity index (χ1n) is 7.99. The second kappa shape index (κ2) is 5.05. The van der Waals surface area contributed by atoms with Crippen molar-refractivity contribution in [1.82, 2.24) is 5.32 Å². The first-order chi connectivity index (χ1) is 9.81. The number of nitrogens with zero attached hydrogens (tertiary/aromatic N) is 1. The van der Waals surface area contributed by atoms with E-state index < -0.39 is 0 Å². The predicted molar refractivity (Wildman–Crippen MR) is 81.1 cm³/mol. The standard InChI is InChI=1S/C17H24N2O/c1-19-8-6-14-10-12(2-5-16(14)19)11-18-15-7-9-20-17(15)13-3-4-13/h2,5,10,13,15,17-18H,3-4,6-9,11H2,1H3. The molecule has 1 aromatic rings. The number of ether oxygens (including phenoxy) is 1. The molecule has 0 spiro atoms. The molecule has 1 N–H and O–H groups in total. The van der Waals surface area contributed by atoms with Gasteiger partial charge < -0.3 is 15.0 Å². The van der Waals surface area contributed by atoms with Gasteiger partial charge in [0.15, 0.2) is 0 Å². The maximum Gasteiger partial charge on any atom is 0.0757 e. The van der Waals surface area contributed by atoms with Crippen LogP contribution in [0.15, 0.2) is 18.2 Å². The summed E-state index contributed by atoms with van der Waals surface area (Å²) >= 11 is 0. The van der Waals surface area contributed by atoms with Crippen LogP contribution in [0.5, 0.6) is 0 Å². The number of anilines is 1. The highest BCUT2D eigenvalue weighted by Crippen LogP contribution is 2.38. The van der Waals surface area contributed by atoms with Crippen molar-refractivity contribution in [2.24, 2.45) is 5.92 Å². The molecule has 1 aliphatic carbocycles. The third-order valence-electron chi connectivity index (χ3n) is 5.06. The minimum atomic E-state index is 0.482. The van der Waals surface area contributed by atoms with Gasteiger partial charge in [0.1, 0.15) is 0 Å². The highest BCUT2D eigenvalue weighted by molar-refractivity contribution is 5.58. The molecule has 1 aromatic carbocycles. The molecular weight excluding hydrogens is 248 g/mol. The molecule has 0 radical (unpaired) electrons. The number of benzene rings is 1. The minimum Gasteiger partial charge on any atom is -0.376 e. The summed E-state index contributed by atoms with van der Waals surface area (Å²) in [6.07, 6.45) is 5.59. The largest absolute Gasteiger partial charge is 0.376 e. The number of rotatable bonds is 4. The van der Waals surface area contributed by atoms with E-state index in [1.807, 2.05) is 0 Å². The van der Waals surface area contributed by atoms with Gasteiger partial charge >= 0.3 is 0 Å². The van der Waals surface area contributed by atoms with E-state index in [4.69, 9.17) is 4.74 Å². The highest BCUT2D eigenvalue weighted by Gasteiger charge is 2.40. The summed E-state index contributed by atoms with van der Waals surface area (Å²) in [5.74, 6) is 0.837. The molecule has 4 rings (SSSR count). The second-order valence-electron chi connectivity index (χ2n) is 6.58. The molecule has 3 heteroatoms. The lowest BCUT2D eigenvalue weighted by molar-refractivity contribution is 0.0809. The summed E-state index contributed by atoms with van der Waals surface area (Å²) in [4.78, 5) is 2.35. The highest BCUT2D eigenvalue weighted by atomic mass is 16.5. The fraction of sp³-hybridized carbons (Fsp3) is 0.647. The number of nitrogens with one attached hydrogen (secondary N) is 1. The van der Waals surface area contributed by atoms with E-state index in [9.17, 15) is 0 Å². The molecule has 2 aliphatic heterocycles. The summed E-state index contributed by atoms with van der Waals surface area (Å²) in [5, 5.41) is 3.73. The number of hydrogen-bond donors (Lipinski definition) is 1. The molecule has 1 saturated carbocycles. The summed E-state index contributed by atoms with van der Waals surface area (Å²) in [6, 6.07) is 7.50. The van der Waals surface area contributed by atoms with Gasteiger partial charge in [-0.05, 0) is 48.8 Å². The zero-order valence-electron chi connectivity index (χ0n) is 12.3. The molecule has 2 unspecified atom stereocenters. The van der Waals surface area contributed by atoms with E-state index in [-0.39, 0.29) is 0 Å². The average molecular weight is 272 g/mol. The molecule has 3 nitrogen and oxygen atoms in total. The van der Waals surface area contributed by atoms with Gasteiger partial charge in [0.25, 0.3) is 0 Å². The van der Waals surface area contributed by atoms with Crippen LogP contribution in [0.4, 0.5) is 5.69 Å². The smallest absolute Gasteiger partial charge is 0.0757 e. The van der Waals surface area contributed by atoms with Crippen LogP contribution in [-0.2, 0) is 17.7 Å². The van der Waals surface area contributed by atoms with Gasteiger partial charge in [0.2, 0.25) is 0 Å². The van der Waals surface area contributed by atoms with Gasteiger partial charge in [-0.2, -0.15) is 0 Å². The van der Waals surface area contributed by atoms with Gasteiger partial charge in [-0.25, -0.2) is 0 Å². The summed E-state index contributed by atoms with van der Waals surface area (Å²) in [6.45, 7) is 3.08. The van der Waals surface area contributed by atoms with E-state index >= 15 is 0 Å². The van der Waals surface area contributed by atoms with Crippen LogP contribution in [0.25, 0.3) is 0 Å².